The normalized spacial score (nSPS) is 29.1. The van der Waals surface area contributed by atoms with Crippen molar-refractivity contribution < 1.29 is 4.79 Å². The van der Waals surface area contributed by atoms with Crippen LogP contribution in [0.3, 0.4) is 0 Å². The average molecular weight is 368 g/mol. The minimum absolute atomic E-state index is 0.241. The molecule has 0 aromatic rings. The number of thioether (sulfide) groups is 1. The van der Waals surface area contributed by atoms with Gasteiger partial charge >= 0.3 is 0 Å². The molecular weight excluding hydrogens is 330 g/mol. The molecule has 0 radical (unpaired) electrons. The van der Waals surface area contributed by atoms with Crippen LogP contribution in [0, 0.1) is 11.8 Å². The van der Waals surface area contributed by atoms with Crippen molar-refractivity contribution in [1.29, 1.82) is 0 Å². The van der Waals surface area contributed by atoms with Crippen LogP contribution in [0.15, 0.2) is 0 Å². The first-order valence-electron chi connectivity index (χ1n) is 10.5. The van der Waals surface area contributed by atoms with E-state index in [1.165, 1.54) is 69.5 Å². The minimum Gasteiger partial charge on any atom is -0.354 e. The molecule has 3 aliphatic rings. The lowest BCUT2D eigenvalue weighted by molar-refractivity contribution is -0.123. The first-order valence-corrected chi connectivity index (χ1v) is 11.7. The molecule has 2 heterocycles. The van der Waals surface area contributed by atoms with E-state index in [9.17, 15) is 4.79 Å². The average Bonchev–Trinajstić information content (AvgIpc) is 2.68. The molecule has 5 heteroatoms. The van der Waals surface area contributed by atoms with E-state index in [4.69, 9.17) is 0 Å². The number of carbonyl (C=O) groups excluding carboxylic acids is 1. The maximum Gasteiger partial charge on any atom is 0.220 e. The fourth-order valence-corrected chi connectivity index (χ4v) is 5.91. The first-order chi connectivity index (χ1) is 12.2. The van der Waals surface area contributed by atoms with Crippen molar-refractivity contribution >= 4 is 17.7 Å². The second kappa shape index (κ2) is 9.61. The Balaban J connectivity index is 1.50. The van der Waals surface area contributed by atoms with Crippen LogP contribution in [0.1, 0.15) is 58.3 Å². The van der Waals surface area contributed by atoms with Gasteiger partial charge in [0.15, 0.2) is 0 Å². The van der Waals surface area contributed by atoms with Crippen molar-refractivity contribution in [1.82, 2.24) is 15.5 Å². The van der Waals surface area contributed by atoms with Gasteiger partial charge in [0.1, 0.15) is 0 Å². The second-order valence-electron chi connectivity index (χ2n) is 8.45. The van der Waals surface area contributed by atoms with Gasteiger partial charge in [-0.1, -0.05) is 26.2 Å². The molecule has 2 unspecified atom stereocenters. The summed E-state index contributed by atoms with van der Waals surface area (Å²) in [6.07, 6.45) is 9.76. The summed E-state index contributed by atoms with van der Waals surface area (Å²) in [4.78, 5) is 15.3. The Bertz CT molecular complexity index is 413. The largest absolute Gasteiger partial charge is 0.354 e. The molecule has 3 fully saturated rings. The Hall–Kier alpha value is -0.260. The predicted octanol–water partition coefficient (Wildman–Crippen LogP) is 2.88. The lowest BCUT2D eigenvalue weighted by atomic mass is 9.79. The highest BCUT2D eigenvalue weighted by molar-refractivity contribution is 7.99. The Kier molecular flexibility index (Phi) is 7.50. The lowest BCUT2D eigenvalue weighted by Gasteiger charge is -2.48. The van der Waals surface area contributed by atoms with Crippen LogP contribution in [0.5, 0.6) is 0 Å². The van der Waals surface area contributed by atoms with E-state index in [1.807, 2.05) is 0 Å². The number of rotatable bonds is 6. The van der Waals surface area contributed by atoms with Crippen molar-refractivity contribution in [2.75, 3.05) is 44.2 Å². The number of piperidine rings is 1. The van der Waals surface area contributed by atoms with E-state index >= 15 is 0 Å². The van der Waals surface area contributed by atoms with Crippen molar-refractivity contribution in [3.63, 3.8) is 0 Å². The van der Waals surface area contributed by atoms with E-state index in [0.29, 0.717) is 18.3 Å². The van der Waals surface area contributed by atoms with E-state index in [-0.39, 0.29) is 11.4 Å². The molecule has 1 aliphatic carbocycles. The van der Waals surface area contributed by atoms with E-state index in [1.54, 1.807) is 0 Å². The monoisotopic (exact) mass is 367 g/mol. The Morgan fingerprint density at radius 3 is 2.68 bits per heavy atom. The Morgan fingerprint density at radius 1 is 1.24 bits per heavy atom. The summed E-state index contributed by atoms with van der Waals surface area (Å²) in [5, 5.41) is 6.83. The van der Waals surface area contributed by atoms with Gasteiger partial charge < -0.3 is 10.6 Å². The maximum absolute atomic E-state index is 12.6. The highest BCUT2D eigenvalue weighted by Gasteiger charge is 2.38. The molecule has 2 atom stereocenters. The van der Waals surface area contributed by atoms with Gasteiger partial charge in [-0.15, -0.1) is 0 Å². The Labute approximate surface area is 158 Å². The molecule has 144 valence electrons. The third-order valence-corrected chi connectivity index (χ3v) is 7.67. The first kappa shape index (κ1) is 19.5. The molecule has 4 nitrogen and oxygen atoms in total. The number of amides is 1. The zero-order valence-electron chi connectivity index (χ0n) is 16.0. The van der Waals surface area contributed by atoms with Crippen LogP contribution in [0.2, 0.25) is 0 Å². The molecule has 3 rings (SSSR count). The minimum atomic E-state index is 0.241. The second-order valence-corrected chi connectivity index (χ2v) is 9.67. The molecule has 0 bridgehead atoms. The summed E-state index contributed by atoms with van der Waals surface area (Å²) < 4.78 is 0. The third-order valence-electron chi connectivity index (χ3n) is 6.73. The van der Waals surface area contributed by atoms with Crippen molar-refractivity contribution in [3.8, 4) is 0 Å². The van der Waals surface area contributed by atoms with Crippen molar-refractivity contribution in [2.45, 2.75) is 63.8 Å². The van der Waals surface area contributed by atoms with Crippen LogP contribution in [-0.4, -0.2) is 60.6 Å². The number of nitrogens with one attached hydrogen (secondary N) is 2. The van der Waals surface area contributed by atoms with Gasteiger partial charge in [-0.05, 0) is 50.6 Å². The van der Waals surface area contributed by atoms with Gasteiger partial charge in [0.05, 0.1) is 0 Å². The van der Waals surface area contributed by atoms with Gasteiger partial charge in [-0.25, -0.2) is 0 Å². The highest BCUT2D eigenvalue weighted by atomic mass is 32.2. The van der Waals surface area contributed by atoms with Gasteiger partial charge in [0.25, 0.3) is 0 Å². The molecule has 2 N–H and O–H groups in total. The molecule has 0 spiro atoms. The SMILES string of the molecule is CC(CC(=O)NCC1(N2CCSCC2)CCCCC1)C1CCCNC1. The predicted molar refractivity (Wildman–Crippen MR) is 107 cm³/mol. The van der Waals surface area contributed by atoms with Gasteiger partial charge in [-0.2, -0.15) is 11.8 Å². The van der Waals surface area contributed by atoms with Crippen LogP contribution in [-0.2, 0) is 4.79 Å². The summed E-state index contributed by atoms with van der Waals surface area (Å²) >= 11 is 2.08. The molecule has 0 aromatic carbocycles. The molecular formula is C20H37N3OS. The standard InChI is InChI=1S/C20H37N3OS/c1-17(18-6-5-9-21-15-18)14-19(24)22-16-20(7-3-2-4-8-20)23-10-12-25-13-11-23/h17-18,21H,2-16H2,1H3,(H,22,24). The molecule has 0 aromatic heterocycles. The fourth-order valence-electron chi connectivity index (χ4n) is 5.01. The van der Waals surface area contributed by atoms with Crippen LogP contribution in [0.4, 0.5) is 0 Å². The summed E-state index contributed by atoms with van der Waals surface area (Å²) in [6.45, 7) is 7.76. The van der Waals surface area contributed by atoms with Gasteiger partial charge in [-0.3, -0.25) is 9.69 Å². The van der Waals surface area contributed by atoms with Gasteiger partial charge in [0, 0.05) is 43.1 Å². The zero-order chi connectivity index (χ0) is 17.5. The summed E-state index contributed by atoms with van der Waals surface area (Å²) in [5.74, 6) is 3.93. The van der Waals surface area contributed by atoms with E-state index in [2.05, 4.69) is 34.2 Å². The van der Waals surface area contributed by atoms with Crippen molar-refractivity contribution in [3.05, 3.63) is 0 Å². The fraction of sp³-hybridized carbons (Fsp3) is 0.950. The summed E-state index contributed by atoms with van der Waals surface area (Å²) in [5.41, 5.74) is 0.241. The topological polar surface area (TPSA) is 44.4 Å². The molecule has 1 saturated carbocycles. The Morgan fingerprint density at radius 2 is 2.00 bits per heavy atom. The highest BCUT2D eigenvalue weighted by Crippen LogP contribution is 2.35. The smallest absolute Gasteiger partial charge is 0.220 e. The quantitative estimate of drug-likeness (QED) is 0.758. The molecule has 25 heavy (non-hydrogen) atoms. The number of hydrogen-bond acceptors (Lipinski definition) is 4. The van der Waals surface area contributed by atoms with Crippen LogP contribution < -0.4 is 10.6 Å². The molecule has 2 saturated heterocycles. The van der Waals surface area contributed by atoms with E-state index < -0.39 is 0 Å². The van der Waals surface area contributed by atoms with Crippen LogP contribution in [0.25, 0.3) is 0 Å². The third kappa shape index (κ3) is 5.36. The van der Waals surface area contributed by atoms with E-state index in [0.717, 1.165) is 19.6 Å². The molecule has 2 aliphatic heterocycles. The number of hydrogen-bond donors (Lipinski definition) is 2. The number of carbonyl (C=O) groups is 1. The molecule has 1 amide bonds. The number of nitrogens with zero attached hydrogens (tertiary/aromatic N) is 1. The van der Waals surface area contributed by atoms with Crippen LogP contribution >= 0.6 is 11.8 Å². The zero-order valence-corrected chi connectivity index (χ0v) is 16.8. The summed E-state index contributed by atoms with van der Waals surface area (Å²) in [7, 11) is 0. The van der Waals surface area contributed by atoms with Gasteiger partial charge in [0.2, 0.25) is 5.91 Å². The maximum atomic E-state index is 12.6. The van der Waals surface area contributed by atoms with Crippen molar-refractivity contribution in [2.24, 2.45) is 11.8 Å². The lowest BCUT2D eigenvalue weighted by Crippen LogP contribution is -2.59. The summed E-state index contributed by atoms with van der Waals surface area (Å²) in [6, 6.07) is 0.